The Bertz CT molecular complexity index is 893. The Kier molecular flexibility index (Phi) is 5.68. The number of benzene rings is 2. The fourth-order valence-electron chi connectivity index (χ4n) is 2.99. The van der Waals surface area contributed by atoms with E-state index >= 15 is 0 Å². The molecular formula is C19H21FN2O3S. The van der Waals surface area contributed by atoms with Crippen molar-refractivity contribution in [3.05, 3.63) is 59.9 Å². The number of carbonyl (C=O) groups excluding carboxylic acids is 1. The summed E-state index contributed by atoms with van der Waals surface area (Å²) in [7, 11) is -3.52. The number of halogens is 1. The lowest BCUT2D eigenvalue weighted by Gasteiger charge is -2.16. The standard InChI is InChI=1S/C19H21FN2O3S/c20-16-6-3-5-15(13-16)9-10-19(23)21-17-7-4-8-18(14-17)26(24,25)22-11-1-2-12-22/h3-8,13-14H,1-2,9-12H2,(H,21,23). The minimum absolute atomic E-state index is 0.183. The van der Waals surface area contributed by atoms with E-state index in [-0.39, 0.29) is 23.0 Å². The van der Waals surface area contributed by atoms with Gasteiger partial charge in [0.2, 0.25) is 15.9 Å². The van der Waals surface area contributed by atoms with Gasteiger partial charge in [0, 0.05) is 25.2 Å². The number of rotatable bonds is 6. The molecule has 1 amide bonds. The highest BCUT2D eigenvalue weighted by Crippen LogP contribution is 2.23. The molecule has 1 aliphatic rings. The number of carbonyl (C=O) groups is 1. The molecule has 3 rings (SSSR count). The van der Waals surface area contributed by atoms with Gasteiger partial charge in [-0.25, -0.2) is 12.8 Å². The van der Waals surface area contributed by atoms with Crippen molar-refractivity contribution in [3.8, 4) is 0 Å². The zero-order valence-corrected chi connectivity index (χ0v) is 15.1. The molecule has 0 radical (unpaired) electrons. The van der Waals surface area contributed by atoms with Gasteiger partial charge in [0.1, 0.15) is 5.82 Å². The third-order valence-electron chi connectivity index (χ3n) is 4.35. The van der Waals surface area contributed by atoms with Crippen LogP contribution in [-0.4, -0.2) is 31.7 Å². The molecule has 0 spiro atoms. The molecule has 26 heavy (non-hydrogen) atoms. The number of nitrogens with zero attached hydrogens (tertiary/aromatic N) is 1. The predicted octanol–water partition coefficient (Wildman–Crippen LogP) is 3.18. The van der Waals surface area contributed by atoms with Crippen molar-refractivity contribution >= 4 is 21.6 Å². The van der Waals surface area contributed by atoms with Crippen LogP contribution in [-0.2, 0) is 21.2 Å². The van der Waals surface area contributed by atoms with Gasteiger partial charge >= 0.3 is 0 Å². The molecule has 1 N–H and O–H groups in total. The van der Waals surface area contributed by atoms with Gasteiger partial charge in [0.05, 0.1) is 4.90 Å². The summed E-state index contributed by atoms with van der Waals surface area (Å²) in [6.07, 6.45) is 2.34. The molecule has 0 aliphatic carbocycles. The molecule has 0 saturated carbocycles. The largest absolute Gasteiger partial charge is 0.326 e. The first-order chi connectivity index (χ1) is 12.4. The number of nitrogens with one attached hydrogen (secondary N) is 1. The van der Waals surface area contributed by atoms with Crippen LogP contribution in [0.3, 0.4) is 0 Å². The average molecular weight is 376 g/mol. The van der Waals surface area contributed by atoms with Crippen LogP contribution in [0.25, 0.3) is 0 Å². The Labute approximate surface area is 152 Å². The molecule has 0 aromatic heterocycles. The second-order valence-electron chi connectivity index (χ2n) is 6.32. The molecule has 138 valence electrons. The van der Waals surface area contributed by atoms with Gasteiger partial charge in [0.15, 0.2) is 0 Å². The van der Waals surface area contributed by atoms with Gasteiger partial charge in [-0.15, -0.1) is 0 Å². The summed E-state index contributed by atoms with van der Waals surface area (Å²) >= 11 is 0. The first-order valence-electron chi connectivity index (χ1n) is 8.60. The van der Waals surface area contributed by atoms with Crippen LogP contribution in [0.4, 0.5) is 10.1 Å². The third kappa shape index (κ3) is 4.47. The van der Waals surface area contributed by atoms with E-state index in [2.05, 4.69) is 5.32 Å². The van der Waals surface area contributed by atoms with E-state index in [1.54, 1.807) is 24.3 Å². The lowest BCUT2D eigenvalue weighted by Crippen LogP contribution is -2.27. The lowest BCUT2D eigenvalue weighted by molar-refractivity contribution is -0.116. The zero-order valence-electron chi connectivity index (χ0n) is 14.3. The second-order valence-corrected chi connectivity index (χ2v) is 8.26. The van der Waals surface area contributed by atoms with Gasteiger partial charge in [0.25, 0.3) is 0 Å². The molecule has 1 saturated heterocycles. The normalized spacial score (nSPS) is 15.1. The van der Waals surface area contributed by atoms with E-state index in [9.17, 15) is 17.6 Å². The first kappa shape index (κ1) is 18.5. The number of hydrogen-bond acceptors (Lipinski definition) is 3. The molecule has 5 nitrogen and oxygen atoms in total. The zero-order chi connectivity index (χ0) is 18.6. The fraction of sp³-hybridized carbons (Fsp3) is 0.316. The highest BCUT2D eigenvalue weighted by Gasteiger charge is 2.27. The molecule has 7 heteroatoms. The summed E-state index contributed by atoms with van der Waals surface area (Å²) in [6.45, 7) is 1.07. The topological polar surface area (TPSA) is 66.5 Å². The van der Waals surface area contributed by atoms with Gasteiger partial charge in [-0.1, -0.05) is 18.2 Å². The van der Waals surface area contributed by atoms with Crippen molar-refractivity contribution < 1.29 is 17.6 Å². The minimum Gasteiger partial charge on any atom is -0.326 e. The van der Waals surface area contributed by atoms with Gasteiger partial charge in [-0.3, -0.25) is 4.79 Å². The van der Waals surface area contributed by atoms with Crippen LogP contribution >= 0.6 is 0 Å². The smallest absolute Gasteiger partial charge is 0.243 e. The maximum absolute atomic E-state index is 13.2. The molecular weight excluding hydrogens is 355 g/mol. The monoisotopic (exact) mass is 376 g/mol. The van der Waals surface area contributed by atoms with Crippen molar-refractivity contribution in [2.24, 2.45) is 0 Å². The Morgan fingerprint density at radius 3 is 2.54 bits per heavy atom. The quantitative estimate of drug-likeness (QED) is 0.842. The van der Waals surface area contributed by atoms with E-state index in [1.807, 2.05) is 0 Å². The van der Waals surface area contributed by atoms with Gasteiger partial charge in [-0.2, -0.15) is 4.31 Å². The van der Waals surface area contributed by atoms with Crippen molar-refractivity contribution in [2.45, 2.75) is 30.6 Å². The Morgan fingerprint density at radius 2 is 1.81 bits per heavy atom. The number of anilines is 1. The number of aryl methyl sites for hydroxylation is 1. The molecule has 0 unspecified atom stereocenters. The minimum atomic E-state index is -3.52. The number of amides is 1. The molecule has 2 aromatic rings. The van der Waals surface area contributed by atoms with E-state index in [1.165, 1.54) is 28.6 Å². The Balaban J connectivity index is 1.64. The number of hydrogen-bond donors (Lipinski definition) is 1. The summed E-state index contributed by atoms with van der Waals surface area (Å²) < 4.78 is 39.8. The Hall–Kier alpha value is -2.25. The average Bonchev–Trinajstić information content (AvgIpc) is 3.16. The summed E-state index contributed by atoms with van der Waals surface area (Å²) in [4.78, 5) is 12.3. The Morgan fingerprint density at radius 1 is 1.08 bits per heavy atom. The second kappa shape index (κ2) is 7.97. The molecule has 0 bridgehead atoms. The lowest BCUT2D eigenvalue weighted by atomic mass is 10.1. The van der Waals surface area contributed by atoms with Crippen molar-refractivity contribution in [1.82, 2.24) is 4.31 Å². The van der Waals surface area contributed by atoms with Crippen LogP contribution in [0.15, 0.2) is 53.4 Å². The van der Waals surface area contributed by atoms with Crippen LogP contribution < -0.4 is 5.32 Å². The van der Waals surface area contributed by atoms with E-state index in [0.29, 0.717) is 25.2 Å². The summed E-state index contributed by atoms with van der Waals surface area (Å²) in [6, 6.07) is 12.4. The van der Waals surface area contributed by atoms with E-state index in [4.69, 9.17) is 0 Å². The highest BCUT2D eigenvalue weighted by atomic mass is 32.2. The summed E-state index contributed by atoms with van der Waals surface area (Å²) in [5.41, 5.74) is 1.18. The first-order valence-corrected chi connectivity index (χ1v) is 10.0. The van der Waals surface area contributed by atoms with E-state index in [0.717, 1.165) is 18.4 Å². The van der Waals surface area contributed by atoms with Gasteiger partial charge < -0.3 is 5.32 Å². The fourth-order valence-corrected chi connectivity index (χ4v) is 4.55. The maximum Gasteiger partial charge on any atom is 0.243 e. The van der Waals surface area contributed by atoms with Gasteiger partial charge in [-0.05, 0) is 55.2 Å². The van der Waals surface area contributed by atoms with Crippen LogP contribution in [0.1, 0.15) is 24.8 Å². The predicted molar refractivity (Wildman–Crippen MR) is 97.8 cm³/mol. The molecule has 1 fully saturated rings. The maximum atomic E-state index is 13.2. The molecule has 2 aromatic carbocycles. The van der Waals surface area contributed by atoms with Crippen molar-refractivity contribution in [3.63, 3.8) is 0 Å². The number of sulfonamides is 1. The third-order valence-corrected chi connectivity index (χ3v) is 6.25. The molecule has 0 atom stereocenters. The van der Waals surface area contributed by atoms with Crippen LogP contribution in [0.5, 0.6) is 0 Å². The van der Waals surface area contributed by atoms with Crippen molar-refractivity contribution in [2.75, 3.05) is 18.4 Å². The van der Waals surface area contributed by atoms with Crippen LogP contribution in [0, 0.1) is 5.82 Å². The SMILES string of the molecule is O=C(CCc1cccc(F)c1)Nc1cccc(S(=O)(=O)N2CCCC2)c1. The highest BCUT2D eigenvalue weighted by molar-refractivity contribution is 7.89. The van der Waals surface area contributed by atoms with Crippen molar-refractivity contribution in [1.29, 1.82) is 0 Å². The summed E-state index contributed by atoms with van der Waals surface area (Å²) in [5, 5.41) is 2.71. The van der Waals surface area contributed by atoms with E-state index < -0.39 is 10.0 Å². The summed E-state index contributed by atoms with van der Waals surface area (Å²) in [5.74, 6) is -0.576. The molecule has 1 heterocycles. The van der Waals surface area contributed by atoms with Crippen LogP contribution in [0.2, 0.25) is 0 Å². The molecule has 1 aliphatic heterocycles.